The number of hydrazone groups is 1. The van der Waals surface area contributed by atoms with E-state index in [1.807, 2.05) is 5.43 Å². The molecule has 10 heteroatoms. The molecule has 0 radical (unpaired) electrons. The van der Waals surface area contributed by atoms with Crippen molar-refractivity contribution in [2.75, 3.05) is 7.11 Å². The number of methoxy groups -OCH3 is 1. The van der Waals surface area contributed by atoms with Crippen LogP contribution in [-0.2, 0) is 10.9 Å². The average molecular weight is 366 g/mol. The number of benzene rings is 2. The minimum absolute atomic E-state index is 0.0236. The summed E-state index contributed by atoms with van der Waals surface area (Å²) in [7, 11) is 1.16. The molecule has 0 saturated carbocycles. The van der Waals surface area contributed by atoms with E-state index in [2.05, 4.69) is 20.1 Å². The first-order valence-electron chi connectivity index (χ1n) is 7.08. The van der Waals surface area contributed by atoms with Crippen molar-refractivity contribution in [1.82, 2.24) is 5.43 Å². The lowest BCUT2D eigenvalue weighted by atomic mass is 10.2. The zero-order chi connectivity index (χ0) is 19.2. The van der Waals surface area contributed by atoms with Crippen molar-refractivity contribution in [3.8, 4) is 5.75 Å². The predicted molar refractivity (Wildman–Crippen MR) is 86.9 cm³/mol. The summed E-state index contributed by atoms with van der Waals surface area (Å²) >= 11 is 0. The largest absolute Gasteiger partial charge is 0.507 e. The first-order chi connectivity index (χ1) is 12.3. The Morgan fingerprint density at radius 1 is 1.15 bits per heavy atom. The van der Waals surface area contributed by atoms with E-state index < -0.39 is 17.8 Å². The zero-order valence-corrected chi connectivity index (χ0v) is 13.4. The number of phenols is 1. The highest BCUT2D eigenvalue weighted by Gasteiger charge is 2.30. The molecule has 0 saturated heterocycles. The number of carbonyl (C=O) groups excluding carboxylic acids is 1. The fraction of sp³-hybridized carbons (Fsp3) is 0.125. The lowest BCUT2D eigenvalue weighted by Gasteiger charge is -2.06. The molecule has 0 spiro atoms. The number of halogens is 3. The van der Waals surface area contributed by atoms with Gasteiger partial charge in [-0.3, -0.25) is 0 Å². The fourth-order valence-corrected chi connectivity index (χ4v) is 1.77. The van der Waals surface area contributed by atoms with Gasteiger partial charge in [0.1, 0.15) is 5.75 Å². The molecule has 26 heavy (non-hydrogen) atoms. The second-order valence-electron chi connectivity index (χ2n) is 4.85. The van der Waals surface area contributed by atoms with E-state index >= 15 is 0 Å². The summed E-state index contributed by atoms with van der Waals surface area (Å²) in [5, 5.41) is 20.9. The summed E-state index contributed by atoms with van der Waals surface area (Å²) in [5.74, 6) is -0.140. The number of hydrogen-bond donors (Lipinski definition) is 2. The van der Waals surface area contributed by atoms with Crippen molar-refractivity contribution in [2.24, 2.45) is 15.3 Å². The van der Waals surface area contributed by atoms with Gasteiger partial charge in [-0.15, -0.1) is 0 Å². The zero-order valence-electron chi connectivity index (χ0n) is 13.4. The van der Waals surface area contributed by atoms with Crippen molar-refractivity contribution in [3.05, 3.63) is 53.6 Å². The third-order valence-corrected chi connectivity index (χ3v) is 3.01. The Labute approximate surface area is 145 Å². The SMILES string of the molecule is COC(=O)N/N=C\c1cc(N=Nc2cccc(C(F)(F)F)c2)ccc1O. The molecule has 2 N–H and O–H groups in total. The van der Waals surface area contributed by atoms with Crippen molar-refractivity contribution in [3.63, 3.8) is 0 Å². The van der Waals surface area contributed by atoms with Gasteiger partial charge < -0.3 is 9.84 Å². The van der Waals surface area contributed by atoms with Crippen LogP contribution in [0.2, 0.25) is 0 Å². The molecule has 2 aromatic rings. The van der Waals surface area contributed by atoms with Crippen molar-refractivity contribution < 1.29 is 27.8 Å². The van der Waals surface area contributed by atoms with Crippen molar-refractivity contribution in [1.29, 1.82) is 0 Å². The quantitative estimate of drug-likeness (QED) is 0.473. The predicted octanol–water partition coefficient (Wildman–Crippen LogP) is 4.52. The highest BCUT2D eigenvalue weighted by Crippen LogP contribution is 2.32. The standard InChI is InChI=1S/C16H13F3N4O3/c1-26-15(25)23-20-9-10-7-13(5-6-14(10)24)22-21-12-4-2-3-11(8-12)16(17,18)19/h2-9,24H,1H3,(H,23,25)/b20-9-,22-21?. The number of amides is 1. The van der Waals surface area contributed by atoms with Crippen LogP contribution in [0.4, 0.5) is 29.3 Å². The van der Waals surface area contributed by atoms with Gasteiger partial charge in [-0.1, -0.05) is 6.07 Å². The van der Waals surface area contributed by atoms with Gasteiger partial charge in [0.05, 0.1) is 30.3 Å². The smallest absolute Gasteiger partial charge is 0.427 e. The summed E-state index contributed by atoms with van der Waals surface area (Å²) in [4.78, 5) is 10.9. The van der Waals surface area contributed by atoms with E-state index in [0.29, 0.717) is 0 Å². The second kappa shape index (κ2) is 8.10. The minimum Gasteiger partial charge on any atom is -0.507 e. The Kier molecular flexibility index (Phi) is 5.89. The Morgan fingerprint density at radius 3 is 2.50 bits per heavy atom. The summed E-state index contributed by atoms with van der Waals surface area (Å²) in [6.45, 7) is 0. The maximum Gasteiger partial charge on any atom is 0.427 e. The molecule has 0 aliphatic carbocycles. The molecule has 1 amide bonds. The topological polar surface area (TPSA) is 95.6 Å². The second-order valence-corrected chi connectivity index (χ2v) is 4.85. The van der Waals surface area contributed by atoms with Crippen LogP contribution in [0.3, 0.4) is 0 Å². The molecule has 0 aliphatic rings. The molecule has 7 nitrogen and oxygen atoms in total. The normalized spacial score (nSPS) is 11.8. The van der Waals surface area contributed by atoms with Crippen LogP contribution in [0.25, 0.3) is 0 Å². The Hall–Kier alpha value is -3.43. The third-order valence-electron chi connectivity index (χ3n) is 3.01. The number of hydrogen-bond acceptors (Lipinski definition) is 6. The van der Waals surface area contributed by atoms with Gasteiger partial charge in [-0.2, -0.15) is 28.5 Å². The summed E-state index contributed by atoms with van der Waals surface area (Å²) < 4.78 is 42.4. The third kappa shape index (κ3) is 5.30. The van der Waals surface area contributed by atoms with Gasteiger partial charge in [0, 0.05) is 5.56 Å². The Balaban J connectivity index is 2.18. The number of phenolic OH excluding ortho intramolecular Hbond substituents is 1. The van der Waals surface area contributed by atoms with E-state index in [9.17, 15) is 23.1 Å². The molecule has 2 rings (SSSR count). The highest BCUT2D eigenvalue weighted by atomic mass is 19.4. The van der Waals surface area contributed by atoms with Crippen molar-refractivity contribution >= 4 is 23.7 Å². The average Bonchev–Trinajstić information content (AvgIpc) is 2.61. The fourth-order valence-electron chi connectivity index (χ4n) is 1.77. The summed E-state index contributed by atoms with van der Waals surface area (Å²) in [6, 6.07) is 8.51. The molecule has 0 aromatic heterocycles. The van der Waals surface area contributed by atoms with Crippen LogP contribution in [0.15, 0.2) is 57.8 Å². The van der Waals surface area contributed by atoms with Crippen LogP contribution in [-0.4, -0.2) is 24.5 Å². The van der Waals surface area contributed by atoms with Gasteiger partial charge in [-0.25, -0.2) is 10.2 Å². The number of nitrogens with zero attached hydrogens (tertiary/aromatic N) is 3. The van der Waals surface area contributed by atoms with Gasteiger partial charge in [0.2, 0.25) is 0 Å². The Morgan fingerprint density at radius 2 is 1.85 bits per heavy atom. The molecule has 2 aromatic carbocycles. The number of carbonyl (C=O) groups is 1. The molecule has 0 aliphatic heterocycles. The first-order valence-corrected chi connectivity index (χ1v) is 7.08. The maximum atomic E-state index is 12.7. The number of azo groups is 1. The van der Waals surface area contributed by atoms with E-state index in [1.165, 1.54) is 30.3 Å². The summed E-state index contributed by atoms with van der Waals surface area (Å²) in [5.41, 5.74) is 1.71. The lowest BCUT2D eigenvalue weighted by Crippen LogP contribution is -2.16. The first kappa shape index (κ1) is 18.9. The van der Waals surface area contributed by atoms with Crippen LogP contribution >= 0.6 is 0 Å². The molecule has 0 heterocycles. The molecular weight excluding hydrogens is 353 g/mol. The highest BCUT2D eigenvalue weighted by molar-refractivity contribution is 5.85. The number of nitrogens with one attached hydrogen (secondary N) is 1. The molecular formula is C16H13F3N4O3. The minimum atomic E-state index is -4.47. The molecule has 0 unspecified atom stereocenters. The monoisotopic (exact) mass is 366 g/mol. The molecule has 136 valence electrons. The number of rotatable bonds is 4. The summed E-state index contributed by atoms with van der Waals surface area (Å²) in [6.07, 6.45) is -4.11. The van der Waals surface area contributed by atoms with Crippen LogP contribution < -0.4 is 5.43 Å². The van der Waals surface area contributed by atoms with Crippen LogP contribution in [0.1, 0.15) is 11.1 Å². The lowest BCUT2D eigenvalue weighted by molar-refractivity contribution is -0.137. The van der Waals surface area contributed by atoms with Gasteiger partial charge in [0.15, 0.2) is 0 Å². The Bertz CT molecular complexity index is 851. The van der Waals surface area contributed by atoms with E-state index in [4.69, 9.17) is 0 Å². The number of aromatic hydroxyl groups is 1. The van der Waals surface area contributed by atoms with Crippen molar-refractivity contribution in [2.45, 2.75) is 6.18 Å². The van der Waals surface area contributed by atoms with E-state index in [1.54, 1.807) is 0 Å². The van der Waals surface area contributed by atoms with Gasteiger partial charge in [-0.05, 0) is 36.4 Å². The van der Waals surface area contributed by atoms with E-state index in [0.717, 1.165) is 25.5 Å². The number of ether oxygens (including phenoxy) is 1. The van der Waals surface area contributed by atoms with Crippen LogP contribution in [0, 0.1) is 0 Å². The molecule has 0 fully saturated rings. The number of alkyl halides is 3. The van der Waals surface area contributed by atoms with Gasteiger partial charge in [0.25, 0.3) is 0 Å². The van der Waals surface area contributed by atoms with Gasteiger partial charge >= 0.3 is 12.3 Å². The van der Waals surface area contributed by atoms with Crippen LogP contribution in [0.5, 0.6) is 5.75 Å². The molecule has 0 bridgehead atoms. The maximum absolute atomic E-state index is 12.7. The molecule has 0 atom stereocenters. The van der Waals surface area contributed by atoms with E-state index in [-0.39, 0.29) is 22.7 Å².